The van der Waals surface area contributed by atoms with Gasteiger partial charge in [0.2, 0.25) is 0 Å². The summed E-state index contributed by atoms with van der Waals surface area (Å²) in [5.41, 5.74) is 2.59. The van der Waals surface area contributed by atoms with Crippen LogP contribution in [0.5, 0.6) is 0 Å². The number of nitrogens with zero attached hydrogens (tertiary/aromatic N) is 1. The van der Waals surface area contributed by atoms with Gasteiger partial charge in [0.25, 0.3) is 0 Å². The van der Waals surface area contributed by atoms with Gasteiger partial charge in [-0.3, -0.25) is 16.2 Å². The largest absolute Gasteiger partial charge is 0.297 e. The standard InChI is InChI=1S/C11H27N3O2S/c1-6-14(7-2)11(3,4)10(13-12)8-9-17(5,15)16/h10,13H,6-9,12H2,1-5H3. The highest BCUT2D eigenvalue weighted by atomic mass is 32.2. The van der Waals surface area contributed by atoms with Crippen LogP contribution >= 0.6 is 0 Å². The van der Waals surface area contributed by atoms with Crippen molar-refractivity contribution < 1.29 is 8.42 Å². The molecule has 5 nitrogen and oxygen atoms in total. The van der Waals surface area contributed by atoms with Gasteiger partial charge in [0, 0.05) is 17.8 Å². The van der Waals surface area contributed by atoms with E-state index in [2.05, 4.69) is 38.0 Å². The van der Waals surface area contributed by atoms with Crippen molar-refractivity contribution in [3.63, 3.8) is 0 Å². The predicted molar refractivity (Wildman–Crippen MR) is 72.4 cm³/mol. The zero-order valence-electron chi connectivity index (χ0n) is 11.7. The third-order valence-electron chi connectivity index (χ3n) is 3.41. The van der Waals surface area contributed by atoms with Crippen LogP contribution in [0.15, 0.2) is 0 Å². The Morgan fingerprint density at radius 1 is 1.29 bits per heavy atom. The highest BCUT2D eigenvalue weighted by Crippen LogP contribution is 2.21. The van der Waals surface area contributed by atoms with Gasteiger partial charge in [0.1, 0.15) is 9.84 Å². The van der Waals surface area contributed by atoms with E-state index in [1.807, 2.05) is 0 Å². The van der Waals surface area contributed by atoms with Crippen LogP contribution in [0.4, 0.5) is 0 Å². The fourth-order valence-corrected chi connectivity index (χ4v) is 2.90. The summed E-state index contributed by atoms with van der Waals surface area (Å²) in [6, 6.07) is -0.0443. The highest BCUT2D eigenvalue weighted by molar-refractivity contribution is 7.90. The number of hydrogen-bond donors (Lipinski definition) is 2. The first kappa shape index (κ1) is 16.8. The zero-order chi connectivity index (χ0) is 13.7. The number of hydrazine groups is 1. The molecule has 3 N–H and O–H groups in total. The van der Waals surface area contributed by atoms with Gasteiger partial charge in [-0.2, -0.15) is 0 Å². The van der Waals surface area contributed by atoms with Crippen molar-refractivity contribution in [3.8, 4) is 0 Å². The van der Waals surface area contributed by atoms with Gasteiger partial charge in [-0.25, -0.2) is 8.42 Å². The van der Waals surface area contributed by atoms with Crippen LogP contribution in [0, 0.1) is 0 Å². The molecule has 0 aromatic carbocycles. The fourth-order valence-electron chi connectivity index (χ4n) is 2.23. The van der Waals surface area contributed by atoms with Crippen LogP contribution in [0.3, 0.4) is 0 Å². The monoisotopic (exact) mass is 265 g/mol. The number of nitrogens with one attached hydrogen (secondary N) is 1. The molecule has 0 spiro atoms. The molecule has 0 bridgehead atoms. The van der Waals surface area contributed by atoms with Crippen molar-refractivity contribution in [2.45, 2.75) is 45.7 Å². The van der Waals surface area contributed by atoms with E-state index in [0.29, 0.717) is 6.42 Å². The zero-order valence-corrected chi connectivity index (χ0v) is 12.5. The first-order valence-electron chi connectivity index (χ1n) is 6.07. The second-order valence-electron chi connectivity index (χ2n) is 4.96. The molecule has 1 atom stereocenters. The molecule has 0 aromatic rings. The average molecular weight is 265 g/mol. The topological polar surface area (TPSA) is 75.4 Å². The number of rotatable bonds is 8. The first-order valence-corrected chi connectivity index (χ1v) is 8.14. The van der Waals surface area contributed by atoms with Crippen LogP contribution in [-0.2, 0) is 9.84 Å². The molecule has 0 aliphatic heterocycles. The lowest BCUT2D eigenvalue weighted by Gasteiger charge is -2.43. The van der Waals surface area contributed by atoms with Crippen LogP contribution < -0.4 is 11.3 Å². The van der Waals surface area contributed by atoms with Gasteiger partial charge >= 0.3 is 0 Å². The van der Waals surface area contributed by atoms with Crippen LogP contribution in [0.1, 0.15) is 34.1 Å². The van der Waals surface area contributed by atoms with E-state index >= 15 is 0 Å². The van der Waals surface area contributed by atoms with Gasteiger partial charge < -0.3 is 0 Å². The third kappa shape index (κ3) is 5.33. The van der Waals surface area contributed by atoms with E-state index in [-0.39, 0.29) is 17.3 Å². The Morgan fingerprint density at radius 3 is 2.06 bits per heavy atom. The maximum absolute atomic E-state index is 11.2. The van der Waals surface area contributed by atoms with Crippen molar-refractivity contribution in [1.82, 2.24) is 10.3 Å². The van der Waals surface area contributed by atoms with Crippen molar-refractivity contribution in [2.75, 3.05) is 25.1 Å². The minimum Gasteiger partial charge on any atom is -0.297 e. The van der Waals surface area contributed by atoms with Gasteiger partial charge in [-0.15, -0.1) is 0 Å². The molecule has 0 saturated heterocycles. The Balaban J connectivity index is 4.73. The normalized spacial score (nSPS) is 15.2. The summed E-state index contributed by atoms with van der Waals surface area (Å²) in [4.78, 5) is 2.28. The maximum atomic E-state index is 11.2. The molecule has 0 aliphatic rings. The maximum Gasteiger partial charge on any atom is 0.147 e. The predicted octanol–water partition coefficient (Wildman–Crippen LogP) is 0.373. The van der Waals surface area contributed by atoms with E-state index in [1.54, 1.807) is 0 Å². The molecule has 0 rings (SSSR count). The summed E-state index contributed by atoms with van der Waals surface area (Å²) in [5.74, 6) is 5.72. The third-order valence-corrected chi connectivity index (χ3v) is 4.39. The number of nitrogens with two attached hydrogens (primary N) is 1. The van der Waals surface area contributed by atoms with Gasteiger partial charge in [0.15, 0.2) is 0 Å². The summed E-state index contributed by atoms with van der Waals surface area (Å²) in [5, 5.41) is 0. The molecule has 17 heavy (non-hydrogen) atoms. The summed E-state index contributed by atoms with van der Waals surface area (Å²) in [6.07, 6.45) is 1.78. The van der Waals surface area contributed by atoms with E-state index < -0.39 is 9.84 Å². The SMILES string of the molecule is CCN(CC)C(C)(C)C(CCS(C)(=O)=O)NN. The van der Waals surface area contributed by atoms with Crippen molar-refractivity contribution in [1.29, 1.82) is 0 Å². The fraction of sp³-hybridized carbons (Fsp3) is 1.00. The Kier molecular flexibility index (Phi) is 6.61. The van der Waals surface area contributed by atoms with Crippen molar-refractivity contribution in [3.05, 3.63) is 0 Å². The molecule has 0 amide bonds. The Labute approximate surface area is 106 Å². The molecule has 1 unspecified atom stereocenters. The number of sulfone groups is 1. The molecule has 0 heterocycles. The quantitative estimate of drug-likeness (QED) is 0.490. The van der Waals surface area contributed by atoms with E-state index in [0.717, 1.165) is 13.1 Å². The van der Waals surface area contributed by atoms with E-state index in [1.165, 1.54) is 6.26 Å². The smallest absolute Gasteiger partial charge is 0.147 e. The van der Waals surface area contributed by atoms with Crippen molar-refractivity contribution in [2.24, 2.45) is 5.84 Å². The minimum absolute atomic E-state index is 0.0443. The lowest BCUT2D eigenvalue weighted by molar-refractivity contribution is 0.0899. The van der Waals surface area contributed by atoms with Crippen LogP contribution in [0.2, 0.25) is 0 Å². The number of likely N-dealkylation sites (N-methyl/N-ethyl adjacent to an activating group) is 1. The van der Waals surface area contributed by atoms with Gasteiger partial charge in [0.05, 0.1) is 5.75 Å². The molecule has 0 radical (unpaired) electrons. The van der Waals surface area contributed by atoms with E-state index in [4.69, 9.17) is 5.84 Å². The molecule has 104 valence electrons. The summed E-state index contributed by atoms with van der Waals surface area (Å²) >= 11 is 0. The Hall–Kier alpha value is -0.170. The lowest BCUT2D eigenvalue weighted by Crippen LogP contribution is -2.59. The van der Waals surface area contributed by atoms with E-state index in [9.17, 15) is 8.42 Å². The lowest BCUT2D eigenvalue weighted by atomic mass is 9.90. The molecule has 0 fully saturated rings. The molecule has 0 aliphatic carbocycles. The molecular weight excluding hydrogens is 238 g/mol. The second kappa shape index (κ2) is 6.68. The van der Waals surface area contributed by atoms with Crippen LogP contribution in [-0.4, -0.2) is 50.0 Å². The molecule has 6 heteroatoms. The van der Waals surface area contributed by atoms with Gasteiger partial charge in [-0.1, -0.05) is 13.8 Å². The van der Waals surface area contributed by atoms with Crippen molar-refractivity contribution >= 4 is 9.84 Å². The Bertz CT molecular complexity index is 311. The summed E-state index contributed by atoms with van der Waals surface area (Å²) in [7, 11) is -2.94. The first-order chi connectivity index (χ1) is 7.69. The second-order valence-corrected chi connectivity index (χ2v) is 7.22. The Morgan fingerprint density at radius 2 is 1.76 bits per heavy atom. The van der Waals surface area contributed by atoms with Crippen LogP contribution in [0.25, 0.3) is 0 Å². The number of hydrogen-bond acceptors (Lipinski definition) is 5. The minimum atomic E-state index is -2.94. The van der Waals surface area contributed by atoms with Gasteiger partial charge in [-0.05, 0) is 33.4 Å². The summed E-state index contributed by atoms with van der Waals surface area (Å²) < 4.78 is 22.4. The highest BCUT2D eigenvalue weighted by Gasteiger charge is 2.33. The molecule has 0 saturated carbocycles. The molecule has 0 aromatic heterocycles. The summed E-state index contributed by atoms with van der Waals surface area (Å²) in [6.45, 7) is 10.2. The average Bonchev–Trinajstić information content (AvgIpc) is 2.17. The molecular formula is C11H27N3O2S.